The van der Waals surface area contributed by atoms with Crippen molar-refractivity contribution in [1.82, 2.24) is 15.5 Å². The number of hydrogen-bond donors (Lipinski definition) is 3. The van der Waals surface area contributed by atoms with Crippen molar-refractivity contribution in [2.24, 2.45) is 0 Å². The molecule has 0 saturated carbocycles. The van der Waals surface area contributed by atoms with Crippen LogP contribution in [0, 0.1) is 0 Å². The minimum absolute atomic E-state index is 0.0210. The quantitative estimate of drug-likeness (QED) is 0.171. The fraction of sp³-hybridized carbons (Fsp3) is 0.704. The van der Waals surface area contributed by atoms with Crippen LogP contribution in [0.4, 0.5) is 4.79 Å². The number of unbranched alkanes of at least 4 members (excludes halogenated alkanes) is 3. The van der Waals surface area contributed by atoms with Gasteiger partial charge in [0.1, 0.15) is 17.7 Å². The zero-order chi connectivity index (χ0) is 28.0. The van der Waals surface area contributed by atoms with Crippen LogP contribution < -0.4 is 10.6 Å². The average molecular weight is 524 g/mol. The van der Waals surface area contributed by atoms with Gasteiger partial charge in [0.15, 0.2) is 0 Å². The number of aliphatic hydroxyl groups is 1. The molecule has 10 heteroatoms. The standard InChI is InChI=1S/C27H45N3O7/c1-7-9-11-12-13-15-21(29-26(35)37-27(3,4)5)25(34)30-18-20(31)17-22(30)24(33)28-19(14-10-8-2)16-23(32)36-6/h7-8,19-22,31H,1-2,9-18H2,3-6H3,(H,28,33)(H,29,35)/t19-,20-,21?,22?/m0/s1. The smallest absolute Gasteiger partial charge is 0.408 e. The number of ether oxygens (including phenoxy) is 2. The van der Waals surface area contributed by atoms with Gasteiger partial charge in [-0.05, 0) is 52.9 Å². The van der Waals surface area contributed by atoms with Crippen molar-refractivity contribution in [3.8, 4) is 0 Å². The molecule has 0 aromatic heterocycles. The molecule has 3 amide bonds. The molecule has 2 unspecified atom stereocenters. The number of rotatable bonds is 15. The minimum atomic E-state index is -0.935. The Bertz CT molecular complexity index is 793. The van der Waals surface area contributed by atoms with Crippen molar-refractivity contribution in [3.05, 3.63) is 25.3 Å². The molecular formula is C27H45N3O7. The highest BCUT2D eigenvalue weighted by Gasteiger charge is 2.42. The van der Waals surface area contributed by atoms with Crippen LogP contribution in [0.5, 0.6) is 0 Å². The van der Waals surface area contributed by atoms with E-state index in [1.807, 2.05) is 6.08 Å². The van der Waals surface area contributed by atoms with Gasteiger partial charge in [-0.3, -0.25) is 14.4 Å². The molecule has 0 aliphatic carbocycles. The van der Waals surface area contributed by atoms with Gasteiger partial charge in [0.25, 0.3) is 0 Å². The fourth-order valence-corrected chi connectivity index (χ4v) is 4.15. The van der Waals surface area contributed by atoms with Crippen LogP contribution in [0.15, 0.2) is 25.3 Å². The molecule has 1 rings (SSSR count). The molecule has 210 valence electrons. The van der Waals surface area contributed by atoms with E-state index >= 15 is 0 Å². The summed E-state index contributed by atoms with van der Waals surface area (Å²) >= 11 is 0. The summed E-state index contributed by atoms with van der Waals surface area (Å²) in [6, 6.07) is -2.35. The topological polar surface area (TPSA) is 134 Å². The lowest BCUT2D eigenvalue weighted by Crippen LogP contribution is -2.55. The van der Waals surface area contributed by atoms with Gasteiger partial charge in [0.2, 0.25) is 11.8 Å². The van der Waals surface area contributed by atoms with E-state index in [1.54, 1.807) is 26.8 Å². The highest BCUT2D eigenvalue weighted by molar-refractivity contribution is 5.92. The van der Waals surface area contributed by atoms with Crippen LogP contribution in [-0.4, -0.2) is 77.4 Å². The van der Waals surface area contributed by atoms with E-state index in [2.05, 4.69) is 23.8 Å². The number of carbonyl (C=O) groups excluding carboxylic acids is 4. The second-order valence-corrected chi connectivity index (χ2v) is 10.4. The van der Waals surface area contributed by atoms with E-state index in [1.165, 1.54) is 12.0 Å². The number of methoxy groups -OCH3 is 1. The highest BCUT2D eigenvalue weighted by atomic mass is 16.6. The maximum atomic E-state index is 13.6. The van der Waals surface area contributed by atoms with Crippen LogP contribution in [0.25, 0.3) is 0 Å². The molecule has 1 aliphatic heterocycles. The summed E-state index contributed by atoms with van der Waals surface area (Å²) < 4.78 is 10.1. The van der Waals surface area contributed by atoms with Crippen molar-refractivity contribution in [2.45, 2.75) is 108 Å². The van der Waals surface area contributed by atoms with Gasteiger partial charge in [-0.15, -0.1) is 13.2 Å². The van der Waals surface area contributed by atoms with E-state index in [9.17, 15) is 24.3 Å². The molecular weight excluding hydrogens is 478 g/mol. The fourth-order valence-electron chi connectivity index (χ4n) is 4.15. The molecule has 1 heterocycles. The van der Waals surface area contributed by atoms with Crippen molar-refractivity contribution in [2.75, 3.05) is 13.7 Å². The third-order valence-corrected chi connectivity index (χ3v) is 5.96. The number of amides is 3. The normalized spacial score (nSPS) is 18.9. The Morgan fingerprint density at radius 2 is 1.73 bits per heavy atom. The second kappa shape index (κ2) is 16.1. The van der Waals surface area contributed by atoms with Gasteiger partial charge < -0.3 is 30.1 Å². The van der Waals surface area contributed by atoms with E-state index in [4.69, 9.17) is 9.47 Å². The molecule has 0 aromatic carbocycles. The Labute approximate surface area is 220 Å². The third kappa shape index (κ3) is 12.3. The Balaban J connectivity index is 3.01. The lowest BCUT2D eigenvalue weighted by Gasteiger charge is -2.30. The number of nitrogens with zero attached hydrogens (tertiary/aromatic N) is 1. The van der Waals surface area contributed by atoms with Gasteiger partial charge in [-0.2, -0.15) is 0 Å². The average Bonchev–Trinajstić information content (AvgIpc) is 3.21. The van der Waals surface area contributed by atoms with Crippen molar-refractivity contribution < 1.29 is 33.8 Å². The number of allylic oxidation sites excluding steroid dienone is 2. The lowest BCUT2D eigenvalue weighted by atomic mass is 10.0. The van der Waals surface area contributed by atoms with E-state index in [0.29, 0.717) is 25.7 Å². The SMILES string of the molecule is C=CCCCCCC(NC(=O)OC(C)(C)C)C(=O)N1C[C@@H](O)CC1C(=O)N[C@@H](CCC=C)CC(=O)OC. The molecule has 0 aromatic rings. The molecule has 0 spiro atoms. The zero-order valence-corrected chi connectivity index (χ0v) is 22.8. The lowest BCUT2D eigenvalue weighted by molar-refractivity contribution is -0.143. The Kier molecular flexibility index (Phi) is 14.0. The predicted octanol–water partition coefficient (Wildman–Crippen LogP) is 2.99. The molecule has 0 radical (unpaired) electrons. The number of alkyl carbamates (subject to hydrolysis) is 1. The number of carbonyl (C=O) groups is 4. The number of hydrogen-bond acceptors (Lipinski definition) is 7. The highest BCUT2D eigenvalue weighted by Crippen LogP contribution is 2.22. The van der Waals surface area contributed by atoms with Crippen molar-refractivity contribution >= 4 is 23.9 Å². The van der Waals surface area contributed by atoms with Crippen molar-refractivity contribution in [3.63, 3.8) is 0 Å². The second-order valence-electron chi connectivity index (χ2n) is 10.4. The van der Waals surface area contributed by atoms with Gasteiger partial charge in [-0.1, -0.05) is 25.0 Å². The van der Waals surface area contributed by atoms with Crippen LogP contribution in [0.1, 0.15) is 78.6 Å². The van der Waals surface area contributed by atoms with Gasteiger partial charge >= 0.3 is 12.1 Å². The Hall–Kier alpha value is -2.88. The van der Waals surface area contributed by atoms with Gasteiger partial charge in [0, 0.05) is 19.0 Å². The molecule has 37 heavy (non-hydrogen) atoms. The minimum Gasteiger partial charge on any atom is -0.469 e. The molecule has 1 saturated heterocycles. The van der Waals surface area contributed by atoms with Crippen LogP contribution in [-0.2, 0) is 23.9 Å². The molecule has 1 fully saturated rings. The summed E-state index contributed by atoms with van der Waals surface area (Å²) in [5.74, 6) is -1.39. The maximum absolute atomic E-state index is 13.6. The maximum Gasteiger partial charge on any atom is 0.408 e. The van der Waals surface area contributed by atoms with Gasteiger partial charge in [-0.25, -0.2) is 4.79 Å². The van der Waals surface area contributed by atoms with Crippen molar-refractivity contribution in [1.29, 1.82) is 0 Å². The molecule has 4 atom stereocenters. The van der Waals surface area contributed by atoms with Crippen LogP contribution >= 0.6 is 0 Å². The molecule has 10 nitrogen and oxygen atoms in total. The van der Waals surface area contributed by atoms with Gasteiger partial charge in [0.05, 0.1) is 19.6 Å². The Morgan fingerprint density at radius 3 is 2.32 bits per heavy atom. The van der Waals surface area contributed by atoms with E-state index in [-0.39, 0.29) is 19.4 Å². The number of β-amino-alcohol motifs (C(OH)–C–C–N with tert-alkyl or cyclic N) is 1. The van der Waals surface area contributed by atoms with Crippen LogP contribution in [0.2, 0.25) is 0 Å². The number of likely N-dealkylation sites (tertiary alicyclic amines) is 1. The number of esters is 1. The molecule has 1 aliphatic rings. The summed E-state index contributed by atoms with van der Waals surface area (Å²) in [6.07, 6.45) is 6.65. The first-order valence-corrected chi connectivity index (χ1v) is 13.0. The summed E-state index contributed by atoms with van der Waals surface area (Å²) in [4.78, 5) is 52.4. The molecule has 0 bridgehead atoms. The van der Waals surface area contributed by atoms with E-state index < -0.39 is 53.7 Å². The Morgan fingerprint density at radius 1 is 1.05 bits per heavy atom. The summed E-state index contributed by atoms with van der Waals surface area (Å²) in [7, 11) is 1.28. The predicted molar refractivity (Wildman–Crippen MR) is 141 cm³/mol. The first kappa shape index (κ1) is 32.1. The monoisotopic (exact) mass is 523 g/mol. The third-order valence-electron chi connectivity index (χ3n) is 5.96. The largest absolute Gasteiger partial charge is 0.469 e. The van der Waals surface area contributed by atoms with E-state index in [0.717, 1.165) is 19.3 Å². The van der Waals surface area contributed by atoms with Crippen LogP contribution in [0.3, 0.4) is 0 Å². The number of nitrogens with one attached hydrogen (secondary N) is 2. The molecule has 3 N–H and O–H groups in total. The number of aliphatic hydroxyl groups excluding tert-OH is 1. The summed E-state index contributed by atoms with van der Waals surface area (Å²) in [5, 5.41) is 15.8. The summed E-state index contributed by atoms with van der Waals surface area (Å²) in [5.41, 5.74) is -0.742. The zero-order valence-electron chi connectivity index (χ0n) is 22.8. The first-order chi connectivity index (χ1) is 17.4. The first-order valence-electron chi connectivity index (χ1n) is 13.0. The summed E-state index contributed by atoms with van der Waals surface area (Å²) in [6.45, 7) is 12.5.